The summed E-state index contributed by atoms with van der Waals surface area (Å²) in [7, 11) is 3.61. The monoisotopic (exact) mass is 339 g/mol. The third kappa shape index (κ3) is 2.86. The minimum absolute atomic E-state index is 0.176. The lowest BCUT2D eigenvalue weighted by molar-refractivity contribution is -0.143. The van der Waals surface area contributed by atoms with Gasteiger partial charge in [0, 0.05) is 37.6 Å². The van der Waals surface area contributed by atoms with Crippen molar-refractivity contribution in [3.05, 3.63) is 35.9 Å². The first-order valence-electron chi connectivity index (χ1n) is 9.02. The second-order valence-electron chi connectivity index (χ2n) is 7.42. The molecule has 0 radical (unpaired) electrons. The summed E-state index contributed by atoms with van der Waals surface area (Å²) in [4.78, 5) is 21.6. The number of hydrogen-bond donors (Lipinski definition) is 0. The zero-order valence-electron chi connectivity index (χ0n) is 15.0. The fourth-order valence-electron chi connectivity index (χ4n) is 4.41. The molecule has 2 saturated heterocycles. The molecule has 2 aliphatic heterocycles. The van der Waals surface area contributed by atoms with Crippen LogP contribution in [0.5, 0.6) is 5.88 Å². The smallest absolute Gasteiger partial charge is 0.229 e. The summed E-state index contributed by atoms with van der Waals surface area (Å²) in [6.07, 6.45) is 3.08. The maximum atomic E-state index is 12.7. The van der Waals surface area contributed by atoms with E-state index in [1.54, 1.807) is 7.11 Å². The number of ether oxygens (including phenoxy) is 1. The van der Waals surface area contributed by atoms with Crippen LogP contribution in [0, 0.1) is 5.41 Å². The van der Waals surface area contributed by atoms with Crippen LogP contribution < -0.4 is 4.74 Å². The molecule has 1 atom stereocenters. The highest BCUT2D eigenvalue weighted by molar-refractivity contribution is 5.84. The van der Waals surface area contributed by atoms with Crippen LogP contribution in [0.25, 0.3) is 10.9 Å². The number of pyridine rings is 1. The van der Waals surface area contributed by atoms with Crippen LogP contribution >= 0.6 is 0 Å². The van der Waals surface area contributed by atoms with Crippen LogP contribution in [0.4, 0.5) is 0 Å². The Labute approximate surface area is 148 Å². The lowest BCUT2D eigenvalue weighted by Gasteiger charge is -2.37. The number of amides is 1. The number of aromatic nitrogens is 1. The molecule has 1 aromatic carbocycles. The maximum absolute atomic E-state index is 12.7. The van der Waals surface area contributed by atoms with Crippen molar-refractivity contribution in [3.63, 3.8) is 0 Å². The molecule has 132 valence electrons. The zero-order valence-corrected chi connectivity index (χ0v) is 15.0. The molecular weight excluding hydrogens is 314 g/mol. The Kier molecular flexibility index (Phi) is 4.12. The molecule has 2 aliphatic rings. The normalized spacial score (nSPS) is 24.4. The van der Waals surface area contributed by atoms with Crippen LogP contribution in [0.2, 0.25) is 0 Å². The van der Waals surface area contributed by atoms with Gasteiger partial charge in [-0.2, -0.15) is 0 Å². The van der Waals surface area contributed by atoms with Gasteiger partial charge in [0.1, 0.15) is 0 Å². The van der Waals surface area contributed by atoms with Crippen molar-refractivity contribution in [1.82, 2.24) is 14.8 Å². The first-order valence-corrected chi connectivity index (χ1v) is 9.02. The van der Waals surface area contributed by atoms with Gasteiger partial charge in [-0.05, 0) is 37.9 Å². The van der Waals surface area contributed by atoms with Crippen LogP contribution in [0.1, 0.15) is 24.8 Å². The average Bonchev–Trinajstić information content (AvgIpc) is 3.02. The summed E-state index contributed by atoms with van der Waals surface area (Å²) in [6.45, 7) is 3.46. The van der Waals surface area contributed by atoms with E-state index in [1.807, 2.05) is 30.1 Å². The van der Waals surface area contributed by atoms with Crippen molar-refractivity contribution in [2.24, 2.45) is 5.41 Å². The molecule has 1 amide bonds. The molecule has 4 rings (SSSR count). The Morgan fingerprint density at radius 1 is 1.24 bits per heavy atom. The first kappa shape index (κ1) is 16.3. The Morgan fingerprint density at radius 3 is 2.92 bits per heavy atom. The van der Waals surface area contributed by atoms with Gasteiger partial charge in [0.25, 0.3) is 0 Å². The highest BCUT2D eigenvalue weighted by atomic mass is 16.5. The van der Waals surface area contributed by atoms with Gasteiger partial charge in [0.05, 0.1) is 18.0 Å². The number of carbonyl (C=O) groups excluding carboxylic acids is 1. The zero-order chi connectivity index (χ0) is 17.4. The topological polar surface area (TPSA) is 45.7 Å². The van der Waals surface area contributed by atoms with Gasteiger partial charge < -0.3 is 9.64 Å². The largest absolute Gasteiger partial charge is 0.481 e. The van der Waals surface area contributed by atoms with E-state index in [-0.39, 0.29) is 5.41 Å². The number of piperidine rings is 1. The number of para-hydroxylation sites is 1. The molecule has 0 unspecified atom stereocenters. The predicted molar refractivity (Wildman–Crippen MR) is 97.5 cm³/mol. The third-order valence-corrected chi connectivity index (χ3v) is 5.73. The fraction of sp³-hybridized carbons (Fsp3) is 0.500. The summed E-state index contributed by atoms with van der Waals surface area (Å²) < 4.78 is 5.53. The Morgan fingerprint density at radius 2 is 2.08 bits per heavy atom. The number of carbonyl (C=O) groups is 1. The lowest BCUT2D eigenvalue weighted by atomic mass is 9.78. The van der Waals surface area contributed by atoms with E-state index in [2.05, 4.69) is 22.0 Å². The second kappa shape index (κ2) is 6.30. The van der Waals surface area contributed by atoms with E-state index >= 15 is 0 Å². The van der Waals surface area contributed by atoms with Crippen molar-refractivity contribution in [2.45, 2.75) is 25.8 Å². The predicted octanol–water partition coefficient (Wildman–Crippen LogP) is 2.69. The fourth-order valence-corrected chi connectivity index (χ4v) is 4.41. The molecule has 25 heavy (non-hydrogen) atoms. The third-order valence-electron chi connectivity index (χ3n) is 5.73. The SMILES string of the molecule is COc1nc2ccccc2cc1CN1CC[C@]2(CCCN(C)C2=O)C1. The van der Waals surface area contributed by atoms with E-state index < -0.39 is 0 Å². The summed E-state index contributed by atoms with van der Waals surface area (Å²) in [5.74, 6) is 1.01. The van der Waals surface area contributed by atoms with E-state index in [0.717, 1.165) is 61.9 Å². The molecule has 0 bridgehead atoms. The highest BCUT2D eigenvalue weighted by Gasteiger charge is 2.47. The quantitative estimate of drug-likeness (QED) is 0.862. The average molecular weight is 339 g/mol. The van der Waals surface area contributed by atoms with Gasteiger partial charge in [-0.1, -0.05) is 18.2 Å². The molecule has 2 fully saturated rings. The molecule has 5 heteroatoms. The van der Waals surface area contributed by atoms with E-state index in [1.165, 1.54) is 0 Å². The molecule has 0 aliphatic carbocycles. The molecular formula is C20H25N3O2. The van der Waals surface area contributed by atoms with Crippen molar-refractivity contribution >= 4 is 16.8 Å². The van der Waals surface area contributed by atoms with Gasteiger partial charge >= 0.3 is 0 Å². The Bertz CT molecular complexity index is 807. The van der Waals surface area contributed by atoms with Gasteiger partial charge in [-0.3, -0.25) is 9.69 Å². The molecule has 0 saturated carbocycles. The van der Waals surface area contributed by atoms with Gasteiger partial charge in [-0.25, -0.2) is 4.98 Å². The molecule has 5 nitrogen and oxygen atoms in total. The van der Waals surface area contributed by atoms with Crippen LogP contribution in [0.3, 0.4) is 0 Å². The first-order chi connectivity index (χ1) is 12.1. The Hall–Kier alpha value is -2.14. The van der Waals surface area contributed by atoms with Gasteiger partial charge in [0.2, 0.25) is 11.8 Å². The van der Waals surface area contributed by atoms with E-state index in [0.29, 0.717) is 11.8 Å². The summed E-state index contributed by atoms with van der Waals surface area (Å²) in [6, 6.07) is 10.3. The van der Waals surface area contributed by atoms with Crippen LogP contribution in [-0.2, 0) is 11.3 Å². The minimum atomic E-state index is -0.176. The number of nitrogens with zero attached hydrogens (tertiary/aromatic N) is 3. The molecule has 3 heterocycles. The number of likely N-dealkylation sites (tertiary alicyclic amines) is 2. The van der Waals surface area contributed by atoms with Crippen LogP contribution in [0.15, 0.2) is 30.3 Å². The maximum Gasteiger partial charge on any atom is 0.229 e. The number of benzene rings is 1. The van der Waals surface area contributed by atoms with Crippen molar-refractivity contribution in [2.75, 3.05) is 33.8 Å². The van der Waals surface area contributed by atoms with Crippen molar-refractivity contribution in [1.29, 1.82) is 0 Å². The van der Waals surface area contributed by atoms with E-state index in [9.17, 15) is 4.79 Å². The summed E-state index contributed by atoms with van der Waals surface area (Å²) in [5.41, 5.74) is 1.87. The standard InChI is InChI=1S/C20H25N3O2/c1-22-10-5-8-20(19(22)24)9-11-23(14-20)13-16-12-15-6-3-4-7-17(15)21-18(16)25-2/h3-4,6-7,12H,5,8-11,13-14H2,1-2H3/t20-/m1/s1. The number of fused-ring (bicyclic) bond motifs is 1. The molecule has 1 aromatic heterocycles. The van der Waals surface area contributed by atoms with Gasteiger partial charge in [-0.15, -0.1) is 0 Å². The lowest BCUT2D eigenvalue weighted by Crippen LogP contribution is -2.48. The van der Waals surface area contributed by atoms with Crippen LogP contribution in [-0.4, -0.2) is 54.5 Å². The van der Waals surface area contributed by atoms with Gasteiger partial charge in [0.15, 0.2) is 0 Å². The number of rotatable bonds is 3. The van der Waals surface area contributed by atoms with Crippen molar-refractivity contribution in [3.8, 4) is 5.88 Å². The van der Waals surface area contributed by atoms with Crippen molar-refractivity contribution < 1.29 is 9.53 Å². The van der Waals surface area contributed by atoms with E-state index in [4.69, 9.17) is 4.74 Å². The second-order valence-corrected chi connectivity index (χ2v) is 7.42. The molecule has 0 N–H and O–H groups in total. The number of hydrogen-bond acceptors (Lipinski definition) is 4. The molecule has 2 aromatic rings. The Balaban J connectivity index is 1.57. The summed E-state index contributed by atoms with van der Waals surface area (Å²) >= 11 is 0. The number of methoxy groups -OCH3 is 1. The summed E-state index contributed by atoms with van der Waals surface area (Å²) in [5, 5.41) is 1.13. The minimum Gasteiger partial charge on any atom is -0.481 e. The molecule has 1 spiro atoms. The highest BCUT2D eigenvalue weighted by Crippen LogP contribution is 2.40.